The molecule has 6 heteroatoms. The first-order valence-corrected chi connectivity index (χ1v) is 9.11. The molecule has 2 aromatic rings. The van der Waals surface area contributed by atoms with Crippen molar-refractivity contribution in [2.24, 2.45) is 12.0 Å². The van der Waals surface area contributed by atoms with Crippen LogP contribution in [-0.4, -0.2) is 43.2 Å². The lowest BCUT2D eigenvalue weighted by Crippen LogP contribution is -2.40. The Morgan fingerprint density at radius 1 is 1.40 bits per heavy atom. The van der Waals surface area contributed by atoms with E-state index >= 15 is 0 Å². The van der Waals surface area contributed by atoms with Gasteiger partial charge in [-0.2, -0.15) is 0 Å². The molecule has 0 saturated carbocycles. The number of methoxy groups -OCH3 is 1. The molecule has 1 atom stereocenters. The zero-order valence-corrected chi connectivity index (χ0v) is 17.2. The van der Waals surface area contributed by atoms with Crippen LogP contribution in [0.15, 0.2) is 46.0 Å². The number of halogens is 1. The number of aromatic nitrogens is 1. The lowest BCUT2D eigenvalue weighted by molar-refractivity contribution is 0.405. The number of nitrogens with zero attached hydrogens (tertiary/aromatic N) is 3. The Balaban J connectivity index is 1.98. The van der Waals surface area contributed by atoms with Crippen molar-refractivity contribution in [3.63, 3.8) is 0 Å². The monoisotopic (exact) mass is 406 g/mol. The minimum Gasteiger partial charge on any atom is -0.496 e. The van der Waals surface area contributed by atoms with Crippen LogP contribution in [0.4, 0.5) is 0 Å². The first-order valence-electron chi connectivity index (χ1n) is 8.31. The maximum absolute atomic E-state index is 5.47. The summed E-state index contributed by atoms with van der Waals surface area (Å²) in [4.78, 5) is 6.53. The lowest BCUT2D eigenvalue weighted by Gasteiger charge is -2.24. The molecule has 0 fully saturated rings. The van der Waals surface area contributed by atoms with Gasteiger partial charge in [-0.1, -0.05) is 25.1 Å². The van der Waals surface area contributed by atoms with Crippen molar-refractivity contribution in [3.05, 3.63) is 52.3 Å². The van der Waals surface area contributed by atoms with Crippen LogP contribution >= 0.6 is 15.9 Å². The number of nitrogens with one attached hydrogen (secondary N) is 1. The van der Waals surface area contributed by atoms with Gasteiger partial charge in [-0.05, 0) is 33.6 Å². The van der Waals surface area contributed by atoms with Gasteiger partial charge >= 0.3 is 0 Å². The molecule has 25 heavy (non-hydrogen) atoms. The van der Waals surface area contributed by atoms with E-state index < -0.39 is 0 Å². The number of rotatable bonds is 6. The van der Waals surface area contributed by atoms with Crippen LogP contribution in [0.3, 0.4) is 0 Å². The molecule has 1 aromatic heterocycles. The molecule has 0 aliphatic carbocycles. The molecule has 0 radical (unpaired) electrons. The fourth-order valence-corrected chi connectivity index (χ4v) is 3.43. The van der Waals surface area contributed by atoms with Crippen LogP contribution in [0, 0.1) is 0 Å². The van der Waals surface area contributed by atoms with E-state index in [1.807, 2.05) is 39.3 Å². The van der Waals surface area contributed by atoms with E-state index in [0.29, 0.717) is 5.92 Å². The minimum absolute atomic E-state index is 0.311. The van der Waals surface area contributed by atoms with Gasteiger partial charge in [0.25, 0.3) is 0 Å². The molecule has 0 amide bonds. The largest absolute Gasteiger partial charge is 0.496 e. The van der Waals surface area contributed by atoms with Crippen LogP contribution in [0.1, 0.15) is 24.1 Å². The van der Waals surface area contributed by atoms with Crippen LogP contribution in [0.25, 0.3) is 0 Å². The maximum atomic E-state index is 5.47. The van der Waals surface area contributed by atoms with Crippen molar-refractivity contribution in [1.82, 2.24) is 14.8 Å². The highest BCUT2D eigenvalue weighted by Gasteiger charge is 2.14. The van der Waals surface area contributed by atoms with Crippen LogP contribution in [0.5, 0.6) is 5.75 Å². The summed E-state index contributed by atoms with van der Waals surface area (Å²) in [6.45, 7) is 3.76. The summed E-state index contributed by atoms with van der Waals surface area (Å²) in [6, 6.07) is 10.3. The Bertz CT molecular complexity index is 726. The summed E-state index contributed by atoms with van der Waals surface area (Å²) >= 11 is 3.52. The summed E-state index contributed by atoms with van der Waals surface area (Å²) in [7, 11) is 7.62. The molecular formula is C19H27BrN4O. The molecule has 0 saturated heterocycles. The Kier molecular flexibility index (Phi) is 6.93. The highest BCUT2D eigenvalue weighted by atomic mass is 79.9. The third kappa shape index (κ3) is 5.01. The van der Waals surface area contributed by atoms with Gasteiger partial charge in [0.2, 0.25) is 0 Å². The van der Waals surface area contributed by atoms with E-state index in [9.17, 15) is 0 Å². The minimum atomic E-state index is 0.311. The molecule has 0 spiro atoms. The molecule has 0 aliphatic rings. The highest BCUT2D eigenvalue weighted by molar-refractivity contribution is 9.10. The van der Waals surface area contributed by atoms with Crippen molar-refractivity contribution in [2.45, 2.75) is 19.4 Å². The fraction of sp³-hybridized carbons (Fsp3) is 0.421. The second-order valence-corrected chi connectivity index (χ2v) is 7.10. The van der Waals surface area contributed by atoms with E-state index in [1.165, 1.54) is 11.3 Å². The Morgan fingerprint density at radius 2 is 2.12 bits per heavy atom. The van der Waals surface area contributed by atoms with Crippen molar-refractivity contribution in [2.75, 3.05) is 27.7 Å². The maximum Gasteiger partial charge on any atom is 0.193 e. The van der Waals surface area contributed by atoms with Gasteiger partial charge in [0.15, 0.2) is 5.96 Å². The second-order valence-electron chi connectivity index (χ2n) is 6.19. The third-order valence-electron chi connectivity index (χ3n) is 4.28. The van der Waals surface area contributed by atoms with Gasteiger partial charge in [-0.3, -0.25) is 4.99 Å². The Morgan fingerprint density at radius 3 is 2.72 bits per heavy atom. The number of guanidine groups is 1. The number of para-hydroxylation sites is 1. The molecular weight excluding hydrogens is 380 g/mol. The van der Waals surface area contributed by atoms with E-state index in [1.54, 1.807) is 7.11 Å². The smallest absolute Gasteiger partial charge is 0.193 e. The van der Waals surface area contributed by atoms with Gasteiger partial charge in [-0.15, -0.1) is 0 Å². The fourth-order valence-electron chi connectivity index (χ4n) is 2.85. The molecule has 0 bridgehead atoms. The van der Waals surface area contributed by atoms with Gasteiger partial charge in [0, 0.05) is 50.0 Å². The first-order chi connectivity index (χ1) is 12.0. The van der Waals surface area contributed by atoms with Gasteiger partial charge in [0.05, 0.1) is 13.7 Å². The normalized spacial score (nSPS) is 12.8. The van der Waals surface area contributed by atoms with Crippen LogP contribution in [-0.2, 0) is 13.6 Å². The highest BCUT2D eigenvalue weighted by Crippen LogP contribution is 2.25. The summed E-state index contributed by atoms with van der Waals surface area (Å²) in [5.74, 6) is 2.11. The molecule has 2 rings (SSSR count). The van der Waals surface area contributed by atoms with Crippen molar-refractivity contribution in [3.8, 4) is 5.75 Å². The number of hydrogen-bond donors (Lipinski definition) is 1. The standard InChI is InChI=1S/C19H27BrN4O/c1-14(17-8-6-7-9-18(17)25-5)11-22-19(21-2)24(4)13-16-10-15(20)12-23(16)3/h6-10,12,14H,11,13H2,1-5H3,(H,21,22). The van der Waals surface area contributed by atoms with Crippen LogP contribution < -0.4 is 10.1 Å². The van der Waals surface area contributed by atoms with E-state index in [4.69, 9.17) is 4.74 Å². The number of aliphatic imine (C=N–C) groups is 1. The van der Waals surface area contributed by atoms with E-state index in [-0.39, 0.29) is 0 Å². The van der Waals surface area contributed by atoms with Crippen molar-refractivity contribution < 1.29 is 4.74 Å². The predicted octanol–water partition coefficient (Wildman–Crippen LogP) is 3.61. The average molecular weight is 407 g/mol. The zero-order chi connectivity index (χ0) is 18.4. The number of ether oxygens (including phenoxy) is 1. The van der Waals surface area contributed by atoms with E-state index in [0.717, 1.165) is 29.3 Å². The Hall–Kier alpha value is -1.95. The molecule has 1 heterocycles. The van der Waals surface area contributed by atoms with E-state index in [2.05, 4.69) is 61.0 Å². The Labute approximate surface area is 158 Å². The second kappa shape index (κ2) is 8.94. The predicted molar refractivity (Wildman–Crippen MR) is 107 cm³/mol. The molecule has 1 aromatic carbocycles. The summed E-state index contributed by atoms with van der Waals surface area (Å²) in [5, 5.41) is 3.46. The van der Waals surface area contributed by atoms with Gasteiger partial charge in [-0.25, -0.2) is 0 Å². The molecule has 0 aliphatic heterocycles. The van der Waals surface area contributed by atoms with Crippen molar-refractivity contribution in [1.29, 1.82) is 0 Å². The molecule has 5 nitrogen and oxygen atoms in total. The van der Waals surface area contributed by atoms with Gasteiger partial charge in [0.1, 0.15) is 5.75 Å². The number of hydrogen-bond acceptors (Lipinski definition) is 2. The summed E-state index contributed by atoms with van der Waals surface area (Å²) in [5.41, 5.74) is 2.41. The number of aryl methyl sites for hydroxylation is 1. The zero-order valence-electron chi connectivity index (χ0n) is 15.6. The SMILES string of the molecule is CN=C(NCC(C)c1ccccc1OC)N(C)Cc1cc(Br)cn1C. The quantitative estimate of drug-likeness (QED) is 0.588. The molecule has 1 N–H and O–H groups in total. The topological polar surface area (TPSA) is 41.8 Å². The summed E-state index contributed by atoms with van der Waals surface area (Å²) in [6.07, 6.45) is 2.06. The first kappa shape index (κ1) is 19.4. The van der Waals surface area contributed by atoms with Gasteiger partial charge < -0.3 is 19.5 Å². The summed E-state index contributed by atoms with van der Waals surface area (Å²) < 4.78 is 8.67. The lowest BCUT2D eigenvalue weighted by atomic mass is 10.0. The number of benzene rings is 1. The molecule has 136 valence electrons. The average Bonchev–Trinajstić information content (AvgIpc) is 2.92. The van der Waals surface area contributed by atoms with Crippen molar-refractivity contribution >= 4 is 21.9 Å². The third-order valence-corrected chi connectivity index (χ3v) is 4.72. The molecule has 1 unspecified atom stereocenters. The van der Waals surface area contributed by atoms with Crippen LogP contribution in [0.2, 0.25) is 0 Å².